The van der Waals surface area contributed by atoms with E-state index in [1.807, 2.05) is 24.3 Å². The number of hydrogen-bond donors (Lipinski definition) is 2. The van der Waals surface area contributed by atoms with E-state index in [4.69, 9.17) is 23.2 Å². The van der Waals surface area contributed by atoms with Crippen LogP contribution in [0.5, 0.6) is 0 Å². The van der Waals surface area contributed by atoms with Crippen molar-refractivity contribution in [1.82, 2.24) is 14.9 Å². The third-order valence-corrected chi connectivity index (χ3v) is 9.64. The van der Waals surface area contributed by atoms with Crippen LogP contribution in [0.1, 0.15) is 33.6 Å². The molecule has 1 aliphatic rings. The van der Waals surface area contributed by atoms with Gasteiger partial charge in [0.1, 0.15) is 4.21 Å². The first kappa shape index (κ1) is 25.2. The zero-order valence-electron chi connectivity index (χ0n) is 18.3. The summed E-state index contributed by atoms with van der Waals surface area (Å²) < 4.78 is 28.1. The Morgan fingerprint density at radius 2 is 1.71 bits per heavy atom. The standard InChI is InChI=1S/C24H25Cl2N3O3S2/c25-19-6-4-18(5-7-19)24(30)28-16-22-8-9-23(33-22)34(31,32)29-12-10-21(11-13-29)27-15-17-2-1-3-20(26)14-17/h1-9,14,21,27H,10-13,15-16H2,(H,28,30). The molecular weight excluding hydrogens is 513 g/mol. The number of sulfonamides is 1. The molecule has 180 valence electrons. The third-order valence-electron chi connectivity index (χ3n) is 5.70. The number of rotatable bonds is 8. The number of halogens is 2. The minimum absolute atomic E-state index is 0.234. The number of benzene rings is 2. The fraction of sp³-hybridized carbons (Fsp3) is 0.292. The van der Waals surface area contributed by atoms with Gasteiger partial charge < -0.3 is 10.6 Å². The monoisotopic (exact) mass is 537 g/mol. The van der Waals surface area contributed by atoms with Gasteiger partial charge in [0.15, 0.2) is 0 Å². The lowest BCUT2D eigenvalue weighted by molar-refractivity contribution is 0.0951. The summed E-state index contributed by atoms with van der Waals surface area (Å²) in [7, 11) is -3.55. The second-order valence-corrected chi connectivity index (χ2v) is 12.3. The number of piperidine rings is 1. The van der Waals surface area contributed by atoms with E-state index < -0.39 is 10.0 Å². The SMILES string of the molecule is O=C(NCc1ccc(S(=O)(=O)N2CCC(NCc3cccc(Cl)c3)CC2)s1)c1ccc(Cl)cc1. The zero-order chi connectivity index (χ0) is 24.1. The van der Waals surface area contributed by atoms with E-state index in [1.165, 1.54) is 11.3 Å². The highest BCUT2D eigenvalue weighted by Gasteiger charge is 2.30. The van der Waals surface area contributed by atoms with Gasteiger partial charge in [-0.2, -0.15) is 4.31 Å². The molecule has 0 spiro atoms. The average Bonchev–Trinajstić information content (AvgIpc) is 3.32. The maximum Gasteiger partial charge on any atom is 0.252 e. The molecule has 1 aliphatic heterocycles. The van der Waals surface area contributed by atoms with Crippen molar-refractivity contribution in [2.45, 2.75) is 36.2 Å². The molecular formula is C24H25Cl2N3O3S2. The lowest BCUT2D eigenvalue weighted by atomic mass is 10.1. The molecule has 6 nitrogen and oxygen atoms in total. The quantitative estimate of drug-likeness (QED) is 0.427. The van der Waals surface area contributed by atoms with E-state index in [9.17, 15) is 13.2 Å². The van der Waals surface area contributed by atoms with E-state index in [0.717, 1.165) is 23.3 Å². The van der Waals surface area contributed by atoms with Gasteiger partial charge in [0, 0.05) is 46.2 Å². The predicted octanol–water partition coefficient (Wildman–Crippen LogP) is 4.93. The summed E-state index contributed by atoms with van der Waals surface area (Å²) in [5.41, 5.74) is 1.61. The first-order chi connectivity index (χ1) is 16.3. The Kier molecular flexibility index (Phi) is 8.29. The molecule has 0 radical (unpaired) electrons. The molecule has 0 atom stereocenters. The van der Waals surface area contributed by atoms with Gasteiger partial charge >= 0.3 is 0 Å². The number of nitrogens with zero attached hydrogens (tertiary/aromatic N) is 1. The van der Waals surface area contributed by atoms with Gasteiger partial charge in [0.05, 0.1) is 6.54 Å². The molecule has 2 N–H and O–H groups in total. The highest BCUT2D eigenvalue weighted by molar-refractivity contribution is 7.91. The van der Waals surface area contributed by atoms with Crippen LogP contribution in [-0.2, 0) is 23.1 Å². The van der Waals surface area contributed by atoms with Crippen molar-refractivity contribution < 1.29 is 13.2 Å². The van der Waals surface area contributed by atoms with Crippen LogP contribution in [0, 0.1) is 0 Å². The van der Waals surface area contributed by atoms with Crippen molar-refractivity contribution in [2.75, 3.05) is 13.1 Å². The van der Waals surface area contributed by atoms with Gasteiger partial charge in [0.2, 0.25) is 0 Å². The smallest absolute Gasteiger partial charge is 0.252 e. The molecule has 2 heterocycles. The van der Waals surface area contributed by atoms with Crippen molar-refractivity contribution in [1.29, 1.82) is 0 Å². The fourth-order valence-corrected chi connectivity index (χ4v) is 7.06. The molecule has 0 saturated carbocycles. The molecule has 34 heavy (non-hydrogen) atoms. The molecule has 1 amide bonds. The van der Waals surface area contributed by atoms with Crippen LogP contribution >= 0.6 is 34.5 Å². The molecule has 2 aromatic carbocycles. The van der Waals surface area contributed by atoms with Crippen LogP contribution in [0.2, 0.25) is 10.0 Å². The molecule has 0 unspecified atom stereocenters. The highest BCUT2D eigenvalue weighted by Crippen LogP contribution is 2.27. The minimum Gasteiger partial charge on any atom is -0.347 e. The molecule has 0 aliphatic carbocycles. The van der Waals surface area contributed by atoms with Crippen LogP contribution in [0.15, 0.2) is 64.9 Å². The number of amides is 1. The summed E-state index contributed by atoms with van der Waals surface area (Å²) in [4.78, 5) is 13.1. The topological polar surface area (TPSA) is 78.5 Å². The Hall–Kier alpha value is -1.94. The molecule has 1 aromatic heterocycles. The summed E-state index contributed by atoms with van der Waals surface area (Å²) in [6, 6.07) is 17.9. The molecule has 1 fully saturated rings. The number of carbonyl (C=O) groups is 1. The highest BCUT2D eigenvalue weighted by atomic mass is 35.5. The molecule has 3 aromatic rings. The van der Waals surface area contributed by atoms with Crippen molar-refractivity contribution in [2.24, 2.45) is 0 Å². The summed E-state index contributed by atoms with van der Waals surface area (Å²) in [5.74, 6) is -0.234. The van der Waals surface area contributed by atoms with Crippen LogP contribution in [-0.4, -0.2) is 37.8 Å². The van der Waals surface area contributed by atoms with Gasteiger partial charge in [-0.25, -0.2) is 8.42 Å². The average molecular weight is 539 g/mol. The van der Waals surface area contributed by atoms with E-state index in [0.29, 0.717) is 39.5 Å². The van der Waals surface area contributed by atoms with Gasteiger partial charge in [-0.15, -0.1) is 11.3 Å². The Bertz CT molecular complexity index is 1240. The van der Waals surface area contributed by atoms with Gasteiger partial charge in [0.25, 0.3) is 15.9 Å². The number of thiophene rings is 1. The summed E-state index contributed by atoms with van der Waals surface area (Å²) in [6.07, 6.45) is 1.49. The van der Waals surface area contributed by atoms with Gasteiger partial charge in [-0.1, -0.05) is 35.3 Å². The maximum absolute atomic E-state index is 13.1. The Morgan fingerprint density at radius 1 is 0.971 bits per heavy atom. The Labute approximate surface area is 213 Å². The normalized spacial score (nSPS) is 15.4. The van der Waals surface area contributed by atoms with Crippen LogP contribution in [0.25, 0.3) is 0 Å². The van der Waals surface area contributed by atoms with Crippen LogP contribution < -0.4 is 10.6 Å². The van der Waals surface area contributed by atoms with E-state index in [1.54, 1.807) is 40.7 Å². The summed E-state index contributed by atoms with van der Waals surface area (Å²) in [5, 5.41) is 7.59. The molecule has 10 heteroatoms. The maximum atomic E-state index is 13.1. The minimum atomic E-state index is -3.55. The largest absolute Gasteiger partial charge is 0.347 e. The summed E-state index contributed by atoms with van der Waals surface area (Å²) >= 11 is 13.1. The third kappa shape index (κ3) is 6.38. The zero-order valence-corrected chi connectivity index (χ0v) is 21.5. The van der Waals surface area contributed by atoms with Crippen LogP contribution in [0.4, 0.5) is 0 Å². The van der Waals surface area contributed by atoms with Crippen molar-refractivity contribution in [3.8, 4) is 0 Å². The van der Waals surface area contributed by atoms with Gasteiger partial charge in [-0.3, -0.25) is 4.79 Å². The Morgan fingerprint density at radius 3 is 2.41 bits per heavy atom. The van der Waals surface area contributed by atoms with Crippen molar-refractivity contribution in [3.05, 3.63) is 86.7 Å². The van der Waals surface area contributed by atoms with E-state index in [2.05, 4.69) is 10.6 Å². The number of carbonyl (C=O) groups excluding carboxylic acids is 1. The van der Waals surface area contributed by atoms with Crippen LogP contribution in [0.3, 0.4) is 0 Å². The second kappa shape index (κ2) is 11.2. The molecule has 0 bridgehead atoms. The molecule has 1 saturated heterocycles. The predicted molar refractivity (Wildman–Crippen MR) is 137 cm³/mol. The van der Waals surface area contributed by atoms with Gasteiger partial charge in [-0.05, 0) is 66.9 Å². The lowest BCUT2D eigenvalue weighted by Gasteiger charge is -2.31. The Balaban J connectivity index is 1.28. The van der Waals surface area contributed by atoms with Crippen molar-refractivity contribution in [3.63, 3.8) is 0 Å². The first-order valence-corrected chi connectivity index (χ1v) is 13.9. The van der Waals surface area contributed by atoms with E-state index >= 15 is 0 Å². The van der Waals surface area contributed by atoms with Crippen molar-refractivity contribution >= 4 is 50.5 Å². The first-order valence-electron chi connectivity index (χ1n) is 10.9. The molecule has 4 rings (SSSR count). The second-order valence-electron chi connectivity index (χ2n) is 8.10. The fourth-order valence-electron chi connectivity index (χ4n) is 3.80. The number of hydrogen-bond acceptors (Lipinski definition) is 5. The van der Waals surface area contributed by atoms with E-state index in [-0.39, 0.29) is 18.5 Å². The number of nitrogens with one attached hydrogen (secondary N) is 2. The summed E-state index contributed by atoms with van der Waals surface area (Å²) in [6.45, 7) is 1.90. The lowest BCUT2D eigenvalue weighted by Crippen LogP contribution is -2.44.